The molecule has 2 aliphatic rings. The summed E-state index contributed by atoms with van der Waals surface area (Å²) in [6, 6.07) is 7.87. The lowest BCUT2D eigenvalue weighted by Gasteiger charge is -2.26. The molecule has 3 rings (SSSR count). The molecule has 4 unspecified atom stereocenters. The number of aliphatic hydroxyl groups excluding tert-OH is 1. The summed E-state index contributed by atoms with van der Waals surface area (Å²) in [6.07, 6.45) is 5.97. The van der Waals surface area contributed by atoms with Gasteiger partial charge >= 0.3 is 0 Å². The molecule has 0 spiro atoms. The van der Waals surface area contributed by atoms with Gasteiger partial charge in [-0.2, -0.15) is 0 Å². The van der Waals surface area contributed by atoms with Crippen molar-refractivity contribution in [3.05, 3.63) is 34.9 Å². The van der Waals surface area contributed by atoms with Crippen LogP contribution in [0.1, 0.15) is 31.2 Å². The molecule has 2 bridgehead atoms. The maximum absolute atomic E-state index is 10.4. The zero-order valence-electron chi connectivity index (χ0n) is 9.98. The van der Waals surface area contributed by atoms with Gasteiger partial charge in [0, 0.05) is 5.02 Å². The van der Waals surface area contributed by atoms with E-state index >= 15 is 0 Å². The van der Waals surface area contributed by atoms with E-state index in [4.69, 9.17) is 11.6 Å². The van der Waals surface area contributed by atoms with E-state index in [1.807, 2.05) is 24.3 Å². The fourth-order valence-electron chi connectivity index (χ4n) is 3.78. The SMILES string of the molecule is OC(Cc1ccc(Cl)cc1)C1CC2CCC1C2. The molecular formula is C15H19ClO. The minimum atomic E-state index is -0.161. The highest BCUT2D eigenvalue weighted by molar-refractivity contribution is 6.30. The summed E-state index contributed by atoms with van der Waals surface area (Å²) in [5.74, 6) is 2.25. The molecule has 92 valence electrons. The highest BCUT2D eigenvalue weighted by atomic mass is 35.5. The number of rotatable bonds is 3. The smallest absolute Gasteiger partial charge is 0.0611 e. The monoisotopic (exact) mass is 250 g/mol. The zero-order valence-corrected chi connectivity index (χ0v) is 10.7. The first-order valence-corrected chi connectivity index (χ1v) is 7.02. The van der Waals surface area contributed by atoms with Gasteiger partial charge in [0.25, 0.3) is 0 Å². The average Bonchev–Trinajstić information content (AvgIpc) is 2.94. The van der Waals surface area contributed by atoms with Crippen LogP contribution in [0.25, 0.3) is 0 Å². The molecule has 2 saturated carbocycles. The quantitative estimate of drug-likeness (QED) is 0.868. The molecule has 1 aromatic rings. The van der Waals surface area contributed by atoms with Crippen molar-refractivity contribution in [2.75, 3.05) is 0 Å². The number of benzene rings is 1. The van der Waals surface area contributed by atoms with Gasteiger partial charge in [-0.25, -0.2) is 0 Å². The van der Waals surface area contributed by atoms with Crippen molar-refractivity contribution < 1.29 is 5.11 Å². The molecule has 0 saturated heterocycles. The molecule has 0 aliphatic heterocycles. The van der Waals surface area contributed by atoms with Crippen LogP contribution in [0, 0.1) is 17.8 Å². The molecular weight excluding hydrogens is 232 g/mol. The van der Waals surface area contributed by atoms with E-state index in [9.17, 15) is 5.11 Å². The molecule has 1 nitrogen and oxygen atoms in total. The minimum absolute atomic E-state index is 0.161. The van der Waals surface area contributed by atoms with Crippen LogP contribution in [-0.4, -0.2) is 11.2 Å². The largest absolute Gasteiger partial charge is 0.392 e. The Labute approximate surface area is 108 Å². The van der Waals surface area contributed by atoms with Gasteiger partial charge in [0.05, 0.1) is 6.10 Å². The van der Waals surface area contributed by atoms with Crippen LogP contribution in [-0.2, 0) is 6.42 Å². The minimum Gasteiger partial charge on any atom is -0.392 e. The molecule has 2 aliphatic carbocycles. The van der Waals surface area contributed by atoms with Crippen molar-refractivity contribution in [3.63, 3.8) is 0 Å². The predicted octanol–water partition coefficient (Wildman–Crippen LogP) is 3.68. The van der Waals surface area contributed by atoms with Crippen LogP contribution in [0.3, 0.4) is 0 Å². The van der Waals surface area contributed by atoms with E-state index in [1.54, 1.807) is 0 Å². The van der Waals surface area contributed by atoms with Gasteiger partial charge in [-0.1, -0.05) is 30.2 Å². The Kier molecular flexibility index (Phi) is 3.14. The summed E-state index contributed by atoms with van der Waals surface area (Å²) in [5.41, 5.74) is 1.20. The Balaban J connectivity index is 1.63. The molecule has 1 N–H and O–H groups in total. The van der Waals surface area contributed by atoms with Crippen molar-refractivity contribution in [1.29, 1.82) is 0 Å². The topological polar surface area (TPSA) is 20.2 Å². The summed E-state index contributed by atoms with van der Waals surface area (Å²) in [4.78, 5) is 0. The molecule has 0 aromatic heterocycles. The number of aliphatic hydroxyl groups is 1. The molecule has 17 heavy (non-hydrogen) atoms. The van der Waals surface area contributed by atoms with E-state index in [1.165, 1.54) is 31.2 Å². The zero-order chi connectivity index (χ0) is 11.8. The Bertz CT molecular complexity index is 386. The lowest BCUT2D eigenvalue weighted by atomic mass is 9.82. The summed E-state index contributed by atoms with van der Waals surface area (Å²) in [7, 11) is 0. The number of fused-ring (bicyclic) bond motifs is 2. The molecule has 1 aromatic carbocycles. The van der Waals surface area contributed by atoms with Crippen LogP contribution in [0.5, 0.6) is 0 Å². The fraction of sp³-hybridized carbons (Fsp3) is 0.600. The number of halogens is 1. The second-order valence-electron chi connectivity index (χ2n) is 5.74. The van der Waals surface area contributed by atoms with Gasteiger partial charge in [0.2, 0.25) is 0 Å². The van der Waals surface area contributed by atoms with Crippen molar-refractivity contribution in [3.8, 4) is 0 Å². The van der Waals surface area contributed by atoms with Gasteiger partial charge in [-0.15, -0.1) is 0 Å². The molecule has 0 radical (unpaired) electrons. The second kappa shape index (κ2) is 4.62. The van der Waals surface area contributed by atoms with Crippen LogP contribution in [0.2, 0.25) is 5.02 Å². The number of hydrogen-bond acceptors (Lipinski definition) is 1. The van der Waals surface area contributed by atoms with E-state index in [2.05, 4.69) is 0 Å². The third kappa shape index (κ3) is 2.36. The van der Waals surface area contributed by atoms with Crippen LogP contribution in [0.15, 0.2) is 24.3 Å². The first-order valence-electron chi connectivity index (χ1n) is 6.65. The summed E-state index contributed by atoms with van der Waals surface area (Å²) >= 11 is 5.86. The van der Waals surface area contributed by atoms with E-state index in [0.717, 1.165) is 23.3 Å². The molecule has 0 amide bonds. The van der Waals surface area contributed by atoms with E-state index in [-0.39, 0.29) is 6.10 Å². The van der Waals surface area contributed by atoms with Gasteiger partial charge in [-0.3, -0.25) is 0 Å². The Morgan fingerprint density at radius 3 is 2.53 bits per heavy atom. The first kappa shape index (κ1) is 11.6. The first-order chi connectivity index (χ1) is 8.22. The lowest BCUT2D eigenvalue weighted by molar-refractivity contribution is 0.0751. The Hall–Kier alpha value is -0.530. The average molecular weight is 251 g/mol. The van der Waals surface area contributed by atoms with Crippen molar-refractivity contribution in [1.82, 2.24) is 0 Å². The standard InChI is InChI=1S/C15H19ClO/c16-13-5-2-10(3-6-13)9-15(17)14-8-11-1-4-12(14)7-11/h2-3,5-6,11-12,14-15,17H,1,4,7-9H2. The molecule has 4 atom stereocenters. The van der Waals surface area contributed by atoms with Crippen molar-refractivity contribution >= 4 is 11.6 Å². The predicted molar refractivity (Wildman–Crippen MR) is 70.1 cm³/mol. The molecule has 2 heteroatoms. The van der Waals surface area contributed by atoms with Crippen LogP contribution < -0.4 is 0 Å². The third-order valence-electron chi connectivity index (χ3n) is 4.65. The third-order valence-corrected chi connectivity index (χ3v) is 4.90. The maximum atomic E-state index is 10.4. The van der Waals surface area contributed by atoms with Crippen molar-refractivity contribution in [2.45, 2.75) is 38.2 Å². The maximum Gasteiger partial charge on any atom is 0.0611 e. The summed E-state index contributed by atoms with van der Waals surface area (Å²) in [6.45, 7) is 0. The van der Waals surface area contributed by atoms with Crippen LogP contribution in [0.4, 0.5) is 0 Å². The number of hydrogen-bond donors (Lipinski definition) is 1. The Morgan fingerprint density at radius 1 is 1.18 bits per heavy atom. The molecule has 2 fully saturated rings. The highest BCUT2D eigenvalue weighted by Crippen LogP contribution is 2.49. The lowest BCUT2D eigenvalue weighted by Crippen LogP contribution is -2.27. The van der Waals surface area contributed by atoms with Gasteiger partial charge in [0.15, 0.2) is 0 Å². The van der Waals surface area contributed by atoms with Gasteiger partial charge < -0.3 is 5.11 Å². The summed E-state index contributed by atoms with van der Waals surface area (Å²) < 4.78 is 0. The fourth-order valence-corrected chi connectivity index (χ4v) is 3.90. The van der Waals surface area contributed by atoms with Crippen molar-refractivity contribution in [2.24, 2.45) is 17.8 Å². The molecule has 0 heterocycles. The second-order valence-corrected chi connectivity index (χ2v) is 6.17. The highest BCUT2D eigenvalue weighted by Gasteiger charge is 2.42. The van der Waals surface area contributed by atoms with Gasteiger partial charge in [0.1, 0.15) is 0 Å². The normalized spacial score (nSPS) is 32.9. The van der Waals surface area contributed by atoms with E-state index < -0.39 is 0 Å². The van der Waals surface area contributed by atoms with Gasteiger partial charge in [-0.05, 0) is 61.1 Å². The summed E-state index contributed by atoms with van der Waals surface area (Å²) in [5, 5.41) is 11.1. The van der Waals surface area contributed by atoms with E-state index in [0.29, 0.717) is 5.92 Å². The Morgan fingerprint density at radius 2 is 1.94 bits per heavy atom. The van der Waals surface area contributed by atoms with Crippen LogP contribution >= 0.6 is 11.6 Å².